The smallest absolute Gasteiger partial charge is 0.127 e. The Bertz CT molecular complexity index is 318. The third kappa shape index (κ3) is 5.05. The molecule has 0 aliphatic heterocycles. The van der Waals surface area contributed by atoms with Crippen molar-refractivity contribution in [3.05, 3.63) is 34.1 Å². The third-order valence-electron chi connectivity index (χ3n) is 2.35. The van der Waals surface area contributed by atoms with Gasteiger partial charge in [0.15, 0.2) is 0 Å². The third-order valence-corrected chi connectivity index (χ3v) is 2.85. The van der Waals surface area contributed by atoms with Crippen molar-refractivity contribution < 1.29 is 4.39 Å². The van der Waals surface area contributed by atoms with Crippen LogP contribution in [0.25, 0.3) is 0 Å². The van der Waals surface area contributed by atoms with E-state index in [2.05, 4.69) is 26.6 Å². The largest absolute Gasteiger partial charge is 0.320 e. The monoisotopic (exact) mass is 288 g/mol. The van der Waals surface area contributed by atoms with E-state index in [9.17, 15) is 4.39 Å². The molecule has 1 aromatic carbocycles. The predicted octanol–water partition coefficient (Wildman–Crippen LogP) is 2.68. The molecule has 2 N–H and O–H groups in total. The Kier molecular flexibility index (Phi) is 6.61. The molecule has 0 amide bonds. The summed E-state index contributed by atoms with van der Waals surface area (Å²) < 4.78 is 14.2. The van der Waals surface area contributed by atoms with E-state index < -0.39 is 0 Å². The molecule has 4 heteroatoms. The summed E-state index contributed by atoms with van der Waals surface area (Å²) in [7, 11) is 1.95. The van der Waals surface area contributed by atoms with Gasteiger partial charge in [-0.05, 0) is 51.2 Å². The van der Waals surface area contributed by atoms with Gasteiger partial charge in [0, 0.05) is 16.6 Å². The van der Waals surface area contributed by atoms with Gasteiger partial charge in [0.25, 0.3) is 0 Å². The summed E-state index contributed by atoms with van der Waals surface area (Å²) >= 11 is 3.34. The quantitative estimate of drug-likeness (QED) is 0.754. The molecule has 0 atom stereocenters. The Morgan fingerprint density at radius 3 is 2.75 bits per heavy atom. The summed E-state index contributed by atoms with van der Waals surface area (Å²) in [6.45, 7) is 2.55. The fourth-order valence-corrected chi connectivity index (χ4v) is 1.86. The van der Waals surface area contributed by atoms with E-state index in [1.807, 2.05) is 13.1 Å². The first kappa shape index (κ1) is 13.6. The van der Waals surface area contributed by atoms with Gasteiger partial charge < -0.3 is 10.6 Å². The van der Waals surface area contributed by atoms with Crippen molar-refractivity contribution >= 4 is 15.9 Å². The Morgan fingerprint density at radius 2 is 2.00 bits per heavy atom. The Morgan fingerprint density at radius 1 is 1.25 bits per heavy atom. The van der Waals surface area contributed by atoms with Crippen LogP contribution in [0.2, 0.25) is 0 Å². The van der Waals surface area contributed by atoms with Crippen LogP contribution in [-0.4, -0.2) is 20.1 Å². The predicted molar refractivity (Wildman–Crippen MR) is 69.0 cm³/mol. The van der Waals surface area contributed by atoms with Crippen LogP contribution in [-0.2, 0) is 6.54 Å². The molecule has 0 bridgehead atoms. The first-order chi connectivity index (χ1) is 7.74. The second-order valence-electron chi connectivity index (χ2n) is 3.72. The highest BCUT2D eigenvalue weighted by molar-refractivity contribution is 9.10. The maximum absolute atomic E-state index is 13.3. The van der Waals surface area contributed by atoms with Crippen LogP contribution in [0.4, 0.5) is 4.39 Å². The minimum Gasteiger partial charge on any atom is -0.320 e. The van der Waals surface area contributed by atoms with Crippen LogP contribution in [0.3, 0.4) is 0 Å². The average molecular weight is 289 g/mol. The maximum atomic E-state index is 13.3. The zero-order valence-electron chi connectivity index (χ0n) is 9.52. The van der Waals surface area contributed by atoms with Crippen molar-refractivity contribution in [3.8, 4) is 0 Å². The van der Waals surface area contributed by atoms with Crippen molar-refractivity contribution in [2.24, 2.45) is 0 Å². The molecule has 1 aromatic rings. The van der Waals surface area contributed by atoms with E-state index in [1.165, 1.54) is 6.07 Å². The number of benzene rings is 1. The van der Waals surface area contributed by atoms with Crippen molar-refractivity contribution in [3.63, 3.8) is 0 Å². The molecular formula is C12H18BrFN2. The van der Waals surface area contributed by atoms with Gasteiger partial charge in [0.05, 0.1) is 0 Å². The molecule has 0 unspecified atom stereocenters. The molecule has 0 radical (unpaired) electrons. The summed E-state index contributed by atoms with van der Waals surface area (Å²) in [4.78, 5) is 0. The van der Waals surface area contributed by atoms with Gasteiger partial charge >= 0.3 is 0 Å². The molecule has 0 aromatic heterocycles. The van der Waals surface area contributed by atoms with E-state index in [4.69, 9.17) is 0 Å². The molecule has 0 aliphatic rings. The second kappa shape index (κ2) is 7.76. The number of rotatable bonds is 7. The van der Waals surface area contributed by atoms with Crippen molar-refractivity contribution in [2.75, 3.05) is 20.1 Å². The summed E-state index contributed by atoms with van der Waals surface area (Å²) in [6.07, 6.45) is 2.25. The fraction of sp³-hybridized carbons (Fsp3) is 0.500. The number of unbranched alkanes of at least 4 members (excludes halogenated alkanes) is 1. The lowest BCUT2D eigenvalue weighted by molar-refractivity contribution is 0.570. The molecule has 0 saturated heterocycles. The van der Waals surface area contributed by atoms with Crippen molar-refractivity contribution in [2.45, 2.75) is 19.4 Å². The molecule has 0 saturated carbocycles. The molecule has 0 heterocycles. The average Bonchev–Trinajstić information content (AvgIpc) is 2.28. The van der Waals surface area contributed by atoms with E-state index in [0.717, 1.165) is 30.4 Å². The summed E-state index contributed by atoms with van der Waals surface area (Å²) in [6, 6.07) is 5.02. The highest BCUT2D eigenvalue weighted by atomic mass is 79.9. The Hall–Kier alpha value is -0.450. The maximum Gasteiger partial charge on any atom is 0.127 e. The van der Waals surface area contributed by atoms with Gasteiger partial charge in [0.2, 0.25) is 0 Å². The minimum atomic E-state index is -0.147. The topological polar surface area (TPSA) is 24.1 Å². The molecule has 16 heavy (non-hydrogen) atoms. The molecule has 2 nitrogen and oxygen atoms in total. The van der Waals surface area contributed by atoms with Crippen LogP contribution < -0.4 is 10.6 Å². The normalized spacial score (nSPS) is 10.7. The van der Waals surface area contributed by atoms with Crippen LogP contribution >= 0.6 is 15.9 Å². The first-order valence-electron chi connectivity index (χ1n) is 5.53. The van der Waals surface area contributed by atoms with Gasteiger partial charge in [-0.2, -0.15) is 0 Å². The van der Waals surface area contributed by atoms with Crippen molar-refractivity contribution in [1.29, 1.82) is 0 Å². The zero-order valence-corrected chi connectivity index (χ0v) is 11.1. The molecule has 0 spiro atoms. The molecule has 1 rings (SSSR count). The van der Waals surface area contributed by atoms with E-state index in [-0.39, 0.29) is 5.82 Å². The summed E-state index contributed by atoms with van der Waals surface area (Å²) in [5, 5.41) is 6.34. The second-order valence-corrected chi connectivity index (χ2v) is 4.64. The van der Waals surface area contributed by atoms with Crippen LogP contribution in [0.1, 0.15) is 18.4 Å². The molecular weight excluding hydrogens is 271 g/mol. The number of nitrogens with one attached hydrogen (secondary N) is 2. The summed E-state index contributed by atoms with van der Waals surface area (Å²) in [5.41, 5.74) is 0.711. The standard InChI is InChI=1S/C12H18BrFN2/c1-15-6-2-3-7-16-9-10-8-11(13)4-5-12(10)14/h4-5,8,15-16H,2-3,6-7,9H2,1H3. The van der Waals surface area contributed by atoms with E-state index >= 15 is 0 Å². The van der Waals surface area contributed by atoms with Crippen LogP contribution in [0, 0.1) is 5.82 Å². The first-order valence-corrected chi connectivity index (χ1v) is 6.32. The lowest BCUT2D eigenvalue weighted by Crippen LogP contribution is -2.17. The lowest BCUT2D eigenvalue weighted by Gasteiger charge is -2.06. The number of halogens is 2. The number of hydrogen-bond acceptors (Lipinski definition) is 2. The molecule has 0 aliphatic carbocycles. The van der Waals surface area contributed by atoms with Gasteiger partial charge in [-0.3, -0.25) is 0 Å². The zero-order chi connectivity index (χ0) is 11.8. The lowest BCUT2D eigenvalue weighted by atomic mass is 10.2. The van der Waals surface area contributed by atoms with Crippen LogP contribution in [0.15, 0.2) is 22.7 Å². The highest BCUT2D eigenvalue weighted by Crippen LogP contribution is 2.15. The summed E-state index contributed by atoms with van der Waals surface area (Å²) in [5.74, 6) is -0.147. The SMILES string of the molecule is CNCCCCNCc1cc(Br)ccc1F. The van der Waals surface area contributed by atoms with Gasteiger partial charge in [0.1, 0.15) is 5.82 Å². The van der Waals surface area contributed by atoms with E-state index in [0.29, 0.717) is 12.1 Å². The molecule has 90 valence electrons. The van der Waals surface area contributed by atoms with Crippen LogP contribution in [0.5, 0.6) is 0 Å². The minimum absolute atomic E-state index is 0.147. The molecule has 0 fully saturated rings. The fourth-order valence-electron chi connectivity index (χ4n) is 1.45. The van der Waals surface area contributed by atoms with Crippen molar-refractivity contribution in [1.82, 2.24) is 10.6 Å². The van der Waals surface area contributed by atoms with Gasteiger partial charge in [-0.25, -0.2) is 4.39 Å². The van der Waals surface area contributed by atoms with Gasteiger partial charge in [-0.15, -0.1) is 0 Å². The number of hydrogen-bond donors (Lipinski definition) is 2. The Labute approximate surface area is 105 Å². The Balaban J connectivity index is 2.23. The van der Waals surface area contributed by atoms with Gasteiger partial charge in [-0.1, -0.05) is 15.9 Å². The highest BCUT2D eigenvalue weighted by Gasteiger charge is 2.01. The van der Waals surface area contributed by atoms with E-state index in [1.54, 1.807) is 6.07 Å².